The molecule has 0 spiro atoms. The van der Waals surface area contributed by atoms with Crippen molar-refractivity contribution in [3.05, 3.63) is 23.8 Å². The molecule has 5 heteroatoms. The molecule has 0 aromatic heterocycles. The lowest BCUT2D eigenvalue weighted by Gasteiger charge is -2.11. The molecule has 16 heavy (non-hydrogen) atoms. The summed E-state index contributed by atoms with van der Waals surface area (Å²) in [7, 11) is 1.58. The number of benzene rings is 1. The van der Waals surface area contributed by atoms with Crippen LogP contribution in [0.3, 0.4) is 0 Å². The van der Waals surface area contributed by atoms with Crippen LogP contribution in [0.1, 0.15) is 5.56 Å². The first-order valence-corrected chi connectivity index (χ1v) is 6.52. The number of rotatable bonds is 6. The van der Waals surface area contributed by atoms with Crippen molar-refractivity contribution in [2.24, 2.45) is 0 Å². The van der Waals surface area contributed by atoms with Gasteiger partial charge >= 0.3 is 0 Å². The Morgan fingerprint density at radius 3 is 2.81 bits per heavy atom. The molecule has 0 radical (unpaired) electrons. The van der Waals surface area contributed by atoms with Crippen LogP contribution in [-0.2, 0) is 0 Å². The van der Waals surface area contributed by atoms with Gasteiger partial charge in [-0.05, 0) is 30.6 Å². The van der Waals surface area contributed by atoms with E-state index in [1.807, 2.05) is 6.26 Å². The fourth-order valence-corrected chi connectivity index (χ4v) is 1.58. The van der Waals surface area contributed by atoms with Gasteiger partial charge < -0.3 is 14.6 Å². The third-order valence-corrected chi connectivity index (χ3v) is 2.76. The van der Waals surface area contributed by atoms with Gasteiger partial charge in [-0.1, -0.05) is 0 Å². The fraction of sp³-hybridized carbons (Fsp3) is 0.364. The second kappa shape index (κ2) is 6.60. The Labute approximate surface area is 105 Å². The molecule has 0 saturated heterocycles. The predicted molar refractivity (Wildman–Crippen MR) is 71.2 cm³/mol. The van der Waals surface area contributed by atoms with E-state index in [0.29, 0.717) is 23.7 Å². The number of aliphatic hydroxyl groups is 1. The third kappa shape index (κ3) is 3.57. The summed E-state index contributed by atoms with van der Waals surface area (Å²) in [5, 5.41) is 9.17. The maximum Gasteiger partial charge on any atom is 0.192 e. The highest BCUT2D eigenvalue weighted by Gasteiger charge is 2.09. The topological polar surface area (TPSA) is 38.7 Å². The molecule has 0 heterocycles. The molecule has 0 unspecified atom stereocenters. The lowest BCUT2D eigenvalue weighted by molar-refractivity contribution is 0.338. The van der Waals surface area contributed by atoms with Crippen LogP contribution in [0.5, 0.6) is 11.5 Å². The van der Waals surface area contributed by atoms with Crippen LogP contribution in [-0.4, -0.2) is 35.9 Å². The molecule has 1 aromatic carbocycles. The number of methoxy groups -OCH3 is 1. The van der Waals surface area contributed by atoms with Crippen molar-refractivity contribution in [1.82, 2.24) is 0 Å². The fourth-order valence-electron chi connectivity index (χ4n) is 1.16. The minimum atomic E-state index is -0.165. The van der Waals surface area contributed by atoms with Crippen molar-refractivity contribution in [2.45, 2.75) is 0 Å². The van der Waals surface area contributed by atoms with Crippen LogP contribution in [0.25, 0.3) is 0 Å². The van der Waals surface area contributed by atoms with Crippen LogP contribution in [0, 0.1) is 0 Å². The number of thioether (sulfide) groups is 1. The standard InChI is InChI=1S/C11H14O3S2/c1-13-8-3-4-9(11(12)15)10(7-8)14-5-6-16-2/h3-4,7H,5-6H2,1-2H3,(H,12,15). The first-order valence-electron chi connectivity index (χ1n) is 4.72. The van der Waals surface area contributed by atoms with Crippen LogP contribution in [0.15, 0.2) is 18.2 Å². The maximum atomic E-state index is 9.33. The molecule has 88 valence electrons. The van der Waals surface area contributed by atoms with Gasteiger partial charge in [0.15, 0.2) is 5.05 Å². The molecule has 0 saturated carbocycles. The number of aliphatic hydroxyl groups excluding tert-OH is 1. The van der Waals surface area contributed by atoms with Crippen molar-refractivity contribution in [1.29, 1.82) is 0 Å². The zero-order chi connectivity index (χ0) is 12.0. The van der Waals surface area contributed by atoms with Crippen molar-refractivity contribution in [3.63, 3.8) is 0 Å². The molecule has 1 aromatic rings. The molecule has 0 atom stereocenters. The highest BCUT2D eigenvalue weighted by atomic mass is 32.2. The Kier molecular flexibility index (Phi) is 5.42. The van der Waals surface area contributed by atoms with Gasteiger partial charge in [-0.25, -0.2) is 0 Å². The van der Waals surface area contributed by atoms with E-state index >= 15 is 0 Å². The van der Waals surface area contributed by atoms with Gasteiger partial charge in [0.2, 0.25) is 0 Å². The van der Waals surface area contributed by atoms with Gasteiger partial charge in [-0.15, -0.1) is 0 Å². The number of hydrogen-bond acceptors (Lipinski definition) is 4. The van der Waals surface area contributed by atoms with Crippen molar-refractivity contribution in [3.8, 4) is 11.5 Å². The summed E-state index contributed by atoms with van der Waals surface area (Å²) in [6, 6.07) is 5.15. The zero-order valence-corrected chi connectivity index (χ0v) is 10.9. The predicted octanol–water partition coefficient (Wildman–Crippen LogP) is 2.67. The van der Waals surface area contributed by atoms with E-state index in [0.717, 1.165) is 5.75 Å². The Morgan fingerprint density at radius 2 is 2.25 bits per heavy atom. The normalized spacial score (nSPS) is 9.88. The molecule has 0 bridgehead atoms. The van der Waals surface area contributed by atoms with Gasteiger partial charge in [-0.3, -0.25) is 0 Å². The molecular weight excluding hydrogens is 244 g/mol. The molecule has 1 N–H and O–H groups in total. The zero-order valence-electron chi connectivity index (χ0n) is 9.23. The quantitative estimate of drug-likeness (QED) is 0.627. The Hall–Kier alpha value is -0.940. The summed E-state index contributed by atoms with van der Waals surface area (Å²) < 4.78 is 10.6. The summed E-state index contributed by atoms with van der Waals surface area (Å²) in [6.45, 7) is 0.573. The average molecular weight is 258 g/mol. The Balaban J connectivity index is 2.87. The average Bonchev–Trinajstić information content (AvgIpc) is 2.29. The smallest absolute Gasteiger partial charge is 0.192 e. The van der Waals surface area contributed by atoms with Crippen molar-refractivity contribution in [2.75, 3.05) is 25.7 Å². The van der Waals surface area contributed by atoms with E-state index in [2.05, 4.69) is 0 Å². The third-order valence-electron chi connectivity index (χ3n) is 1.96. The molecule has 1 rings (SSSR count). The number of thiocarbonyl (C=S) groups is 1. The van der Waals surface area contributed by atoms with Crippen LogP contribution >= 0.6 is 24.0 Å². The Bertz CT molecular complexity index is 366. The van der Waals surface area contributed by atoms with Crippen LogP contribution in [0.4, 0.5) is 0 Å². The summed E-state index contributed by atoms with van der Waals surface area (Å²) >= 11 is 6.43. The van der Waals surface area contributed by atoms with Gasteiger partial charge in [0.25, 0.3) is 0 Å². The molecule has 3 nitrogen and oxygen atoms in total. The monoisotopic (exact) mass is 258 g/mol. The minimum absolute atomic E-state index is 0.165. The SMILES string of the molecule is COc1ccc(C(O)=S)c(OCCSC)c1. The van der Waals surface area contributed by atoms with Crippen LogP contribution < -0.4 is 9.47 Å². The second-order valence-corrected chi connectivity index (χ2v) is 4.38. The van der Waals surface area contributed by atoms with Crippen molar-refractivity contribution < 1.29 is 14.6 Å². The van der Waals surface area contributed by atoms with E-state index in [1.54, 1.807) is 37.1 Å². The maximum absolute atomic E-state index is 9.33. The molecule has 0 aliphatic heterocycles. The first kappa shape index (κ1) is 13.1. The van der Waals surface area contributed by atoms with E-state index in [9.17, 15) is 5.11 Å². The van der Waals surface area contributed by atoms with Crippen LogP contribution in [0.2, 0.25) is 0 Å². The summed E-state index contributed by atoms with van der Waals surface area (Å²) in [5.41, 5.74) is 0.525. The number of ether oxygens (including phenoxy) is 2. The Morgan fingerprint density at radius 1 is 1.50 bits per heavy atom. The molecule has 0 aliphatic carbocycles. The highest BCUT2D eigenvalue weighted by molar-refractivity contribution is 7.98. The molecule has 0 fully saturated rings. The summed E-state index contributed by atoms with van der Waals surface area (Å²) in [4.78, 5) is 0. The van der Waals surface area contributed by atoms with E-state index in [1.165, 1.54) is 0 Å². The molecule has 0 aliphatic rings. The summed E-state index contributed by atoms with van der Waals surface area (Å²) in [6.07, 6.45) is 2.01. The molecule has 0 amide bonds. The molecular formula is C11H14O3S2. The minimum Gasteiger partial charge on any atom is -0.498 e. The van der Waals surface area contributed by atoms with Gasteiger partial charge in [-0.2, -0.15) is 11.8 Å². The lowest BCUT2D eigenvalue weighted by Crippen LogP contribution is -2.05. The van der Waals surface area contributed by atoms with Gasteiger partial charge in [0.05, 0.1) is 19.3 Å². The van der Waals surface area contributed by atoms with E-state index < -0.39 is 0 Å². The number of hydrogen-bond donors (Lipinski definition) is 1. The van der Waals surface area contributed by atoms with Gasteiger partial charge in [0.1, 0.15) is 11.5 Å². The lowest BCUT2D eigenvalue weighted by atomic mass is 10.2. The summed E-state index contributed by atoms with van der Waals surface area (Å²) in [5.74, 6) is 2.12. The van der Waals surface area contributed by atoms with E-state index in [4.69, 9.17) is 21.7 Å². The largest absolute Gasteiger partial charge is 0.498 e. The first-order chi connectivity index (χ1) is 7.69. The highest BCUT2D eigenvalue weighted by Crippen LogP contribution is 2.25. The van der Waals surface area contributed by atoms with Gasteiger partial charge in [0, 0.05) is 11.8 Å². The van der Waals surface area contributed by atoms with E-state index in [-0.39, 0.29) is 5.05 Å². The van der Waals surface area contributed by atoms with Crippen molar-refractivity contribution >= 4 is 29.0 Å². The second-order valence-electron chi connectivity index (χ2n) is 3.01.